The van der Waals surface area contributed by atoms with Crippen molar-refractivity contribution in [3.05, 3.63) is 0 Å². The summed E-state index contributed by atoms with van der Waals surface area (Å²) in [4.78, 5) is 2.08. The second-order valence-electron chi connectivity index (χ2n) is 2.84. The van der Waals surface area contributed by atoms with Crippen molar-refractivity contribution in [2.24, 2.45) is 11.5 Å². The zero-order valence-corrected chi connectivity index (χ0v) is 7.17. The maximum atomic E-state index is 5.81. The van der Waals surface area contributed by atoms with Crippen LogP contribution in [0.5, 0.6) is 0 Å². The summed E-state index contributed by atoms with van der Waals surface area (Å²) in [6.07, 6.45) is 0.986. The highest BCUT2D eigenvalue weighted by Crippen LogP contribution is 1.99. The summed E-state index contributed by atoms with van der Waals surface area (Å²) in [6, 6.07) is 0.532. The van der Waals surface area contributed by atoms with Gasteiger partial charge in [-0.05, 0) is 20.5 Å². The summed E-state index contributed by atoms with van der Waals surface area (Å²) in [5.41, 5.74) is 11.3. The lowest BCUT2D eigenvalue weighted by atomic mass is 10.1. The van der Waals surface area contributed by atoms with Gasteiger partial charge in [-0.3, -0.25) is 0 Å². The number of rotatable bonds is 4. The largest absolute Gasteiger partial charge is 0.329 e. The number of nitrogens with zero attached hydrogens (tertiary/aromatic N) is 1. The van der Waals surface area contributed by atoms with Gasteiger partial charge in [0.15, 0.2) is 0 Å². The Balaban J connectivity index is 3.80. The van der Waals surface area contributed by atoms with Gasteiger partial charge < -0.3 is 16.4 Å². The van der Waals surface area contributed by atoms with Crippen molar-refractivity contribution in [3.8, 4) is 0 Å². The normalized spacial score (nSPS) is 17.4. The summed E-state index contributed by atoms with van der Waals surface area (Å²) in [5, 5.41) is 0. The van der Waals surface area contributed by atoms with Crippen molar-refractivity contribution in [1.29, 1.82) is 0 Å². The molecule has 0 aliphatic carbocycles. The fourth-order valence-electron chi connectivity index (χ4n) is 1.04. The quantitative estimate of drug-likeness (QED) is 0.566. The molecule has 2 atom stereocenters. The van der Waals surface area contributed by atoms with E-state index < -0.39 is 0 Å². The van der Waals surface area contributed by atoms with Gasteiger partial charge in [0.1, 0.15) is 0 Å². The molecule has 0 amide bonds. The number of hydrogen-bond acceptors (Lipinski definition) is 3. The fourth-order valence-corrected chi connectivity index (χ4v) is 1.04. The molecule has 4 N–H and O–H groups in total. The first kappa shape index (κ1) is 9.88. The van der Waals surface area contributed by atoms with Gasteiger partial charge in [-0.15, -0.1) is 0 Å². The molecule has 0 rings (SSSR count). The summed E-state index contributed by atoms with van der Waals surface area (Å²) >= 11 is 0. The molecule has 3 heteroatoms. The van der Waals surface area contributed by atoms with E-state index in [1.165, 1.54) is 0 Å². The molecule has 0 aromatic heterocycles. The topological polar surface area (TPSA) is 55.3 Å². The molecular formula is C7H19N3. The average Bonchev–Trinajstić information content (AvgIpc) is 1.88. The Morgan fingerprint density at radius 3 is 2.00 bits per heavy atom. The molecule has 0 radical (unpaired) electrons. The van der Waals surface area contributed by atoms with E-state index in [9.17, 15) is 0 Å². The first-order valence-electron chi connectivity index (χ1n) is 3.75. The summed E-state index contributed by atoms with van der Waals surface area (Å²) in [5.74, 6) is 0. The first-order chi connectivity index (χ1) is 4.63. The SMILES string of the molecule is CCC(N)C(CN)N(C)C. The Labute approximate surface area is 63.4 Å². The monoisotopic (exact) mass is 145 g/mol. The van der Waals surface area contributed by atoms with Crippen LogP contribution in [0.4, 0.5) is 0 Å². The third-order valence-corrected chi connectivity index (χ3v) is 1.87. The summed E-state index contributed by atoms with van der Waals surface area (Å²) in [7, 11) is 4.01. The van der Waals surface area contributed by atoms with Gasteiger partial charge in [0.25, 0.3) is 0 Å². The zero-order valence-electron chi connectivity index (χ0n) is 7.17. The van der Waals surface area contributed by atoms with Crippen molar-refractivity contribution in [2.75, 3.05) is 20.6 Å². The Bertz CT molecular complexity index is 82.9. The van der Waals surface area contributed by atoms with Gasteiger partial charge in [0.2, 0.25) is 0 Å². The molecule has 0 aliphatic heterocycles. The number of nitrogens with two attached hydrogens (primary N) is 2. The molecule has 0 saturated carbocycles. The third-order valence-electron chi connectivity index (χ3n) is 1.87. The molecule has 0 aromatic rings. The predicted molar refractivity (Wildman–Crippen MR) is 44.8 cm³/mol. The van der Waals surface area contributed by atoms with Crippen LogP contribution in [0.3, 0.4) is 0 Å². The summed E-state index contributed by atoms with van der Waals surface area (Å²) in [6.45, 7) is 2.72. The molecule has 3 nitrogen and oxygen atoms in total. The van der Waals surface area contributed by atoms with Crippen molar-refractivity contribution in [2.45, 2.75) is 25.4 Å². The molecule has 0 saturated heterocycles. The van der Waals surface area contributed by atoms with Crippen LogP contribution in [0.2, 0.25) is 0 Å². The van der Waals surface area contributed by atoms with E-state index in [4.69, 9.17) is 11.5 Å². The number of likely N-dealkylation sites (N-methyl/N-ethyl adjacent to an activating group) is 1. The molecule has 0 spiro atoms. The standard InChI is InChI=1S/C7H19N3/c1-4-6(9)7(5-8)10(2)3/h6-7H,4-5,8-9H2,1-3H3. The molecule has 0 aromatic carbocycles. The van der Waals surface area contributed by atoms with Crippen LogP contribution in [0.15, 0.2) is 0 Å². The predicted octanol–water partition coefficient (Wildman–Crippen LogP) is -0.387. The zero-order chi connectivity index (χ0) is 8.15. The highest BCUT2D eigenvalue weighted by Gasteiger charge is 2.15. The van der Waals surface area contributed by atoms with Gasteiger partial charge in [-0.2, -0.15) is 0 Å². The van der Waals surface area contributed by atoms with Crippen molar-refractivity contribution >= 4 is 0 Å². The minimum absolute atomic E-state index is 0.208. The van der Waals surface area contributed by atoms with Crippen molar-refractivity contribution in [1.82, 2.24) is 4.90 Å². The van der Waals surface area contributed by atoms with Crippen molar-refractivity contribution in [3.63, 3.8) is 0 Å². The minimum Gasteiger partial charge on any atom is -0.329 e. The van der Waals surface area contributed by atoms with Crippen LogP contribution >= 0.6 is 0 Å². The maximum Gasteiger partial charge on any atom is 0.0363 e. The van der Waals surface area contributed by atoms with Crippen LogP contribution in [0, 0.1) is 0 Å². The Kier molecular flexibility index (Phi) is 4.60. The van der Waals surface area contributed by atoms with E-state index in [0.717, 1.165) is 6.42 Å². The van der Waals surface area contributed by atoms with Crippen molar-refractivity contribution < 1.29 is 0 Å². The molecule has 0 aliphatic rings. The first-order valence-corrected chi connectivity index (χ1v) is 3.75. The second kappa shape index (κ2) is 4.66. The van der Waals surface area contributed by atoms with Gasteiger partial charge in [0.05, 0.1) is 0 Å². The highest BCUT2D eigenvalue weighted by atomic mass is 15.1. The fraction of sp³-hybridized carbons (Fsp3) is 1.00. The molecule has 0 fully saturated rings. The molecule has 0 heterocycles. The Morgan fingerprint density at radius 2 is 1.90 bits per heavy atom. The molecular weight excluding hydrogens is 126 g/mol. The van der Waals surface area contributed by atoms with E-state index in [1.807, 2.05) is 14.1 Å². The van der Waals surface area contributed by atoms with E-state index in [2.05, 4.69) is 11.8 Å². The van der Waals surface area contributed by atoms with Gasteiger partial charge in [-0.1, -0.05) is 6.92 Å². The van der Waals surface area contributed by atoms with Gasteiger partial charge in [-0.25, -0.2) is 0 Å². The van der Waals surface area contributed by atoms with Crippen LogP contribution in [-0.2, 0) is 0 Å². The average molecular weight is 145 g/mol. The van der Waals surface area contributed by atoms with E-state index in [0.29, 0.717) is 12.6 Å². The molecule has 10 heavy (non-hydrogen) atoms. The lowest BCUT2D eigenvalue weighted by Crippen LogP contribution is -2.48. The Morgan fingerprint density at radius 1 is 1.40 bits per heavy atom. The highest BCUT2D eigenvalue weighted by molar-refractivity contribution is 4.78. The summed E-state index contributed by atoms with van der Waals surface area (Å²) < 4.78 is 0. The smallest absolute Gasteiger partial charge is 0.0363 e. The van der Waals surface area contributed by atoms with Gasteiger partial charge in [0, 0.05) is 18.6 Å². The lowest BCUT2D eigenvalue weighted by molar-refractivity contribution is 0.255. The van der Waals surface area contributed by atoms with Crippen LogP contribution in [-0.4, -0.2) is 37.6 Å². The van der Waals surface area contributed by atoms with Crippen LogP contribution < -0.4 is 11.5 Å². The maximum absolute atomic E-state index is 5.81. The second-order valence-corrected chi connectivity index (χ2v) is 2.84. The van der Waals surface area contributed by atoms with E-state index in [-0.39, 0.29) is 6.04 Å². The Hall–Kier alpha value is -0.120. The van der Waals surface area contributed by atoms with Gasteiger partial charge >= 0.3 is 0 Å². The van der Waals surface area contributed by atoms with Crippen LogP contribution in [0.25, 0.3) is 0 Å². The number of hydrogen-bond donors (Lipinski definition) is 2. The minimum atomic E-state index is 0.208. The molecule has 0 bridgehead atoms. The van der Waals surface area contributed by atoms with E-state index >= 15 is 0 Å². The molecule has 62 valence electrons. The lowest BCUT2D eigenvalue weighted by Gasteiger charge is -2.27. The van der Waals surface area contributed by atoms with E-state index in [1.54, 1.807) is 0 Å². The molecule has 2 unspecified atom stereocenters. The van der Waals surface area contributed by atoms with Crippen LogP contribution in [0.1, 0.15) is 13.3 Å². The third kappa shape index (κ3) is 2.64.